The maximum absolute atomic E-state index is 14.2. The fourth-order valence-electron chi connectivity index (χ4n) is 4.46. The van der Waals surface area contributed by atoms with Gasteiger partial charge in [0.05, 0.1) is 6.07 Å². The van der Waals surface area contributed by atoms with E-state index in [0.29, 0.717) is 17.7 Å². The zero-order valence-corrected chi connectivity index (χ0v) is 24.4. The zero-order valence-electron chi connectivity index (χ0n) is 24.4. The molecule has 0 spiro atoms. The van der Waals surface area contributed by atoms with E-state index in [9.17, 15) is 24.8 Å². The van der Waals surface area contributed by atoms with E-state index in [2.05, 4.69) is 17.6 Å². The van der Waals surface area contributed by atoms with Gasteiger partial charge in [0, 0.05) is 13.0 Å². The third kappa shape index (κ3) is 9.60. The molecule has 2 unspecified atom stereocenters. The van der Waals surface area contributed by atoms with E-state index in [-0.39, 0.29) is 18.7 Å². The van der Waals surface area contributed by atoms with Crippen molar-refractivity contribution in [2.75, 3.05) is 13.1 Å². The molecule has 9 heteroatoms. The molecule has 216 valence electrons. The molecule has 9 nitrogen and oxygen atoms in total. The first-order valence-electron chi connectivity index (χ1n) is 13.7. The summed E-state index contributed by atoms with van der Waals surface area (Å²) in [6, 6.07) is 11.7. The van der Waals surface area contributed by atoms with Crippen molar-refractivity contribution in [2.45, 2.75) is 84.9 Å². The maximum Gasteiger partial charge on any atom is 0.408 e. The number of hydrogen-bond acceptors (Lipinski definition) is 6. The Hall–Kier alpha value is -4.06. The van der Waals surface area contributed by atoms with Crippen LogP contribution < -0.4 is 10.6 Å². The number of hydrogen-bond donors (Lipinski definition) is 3. The lowest BCUT2D eigenvalue weighted by atomic mass is 9.93. The number of alkyl carbamates (subject to hydrolysis) is 1. The summed E-state index contributed by atoms with van der Waals surface area (Å²) in [5, 5.41) is 25.1. The van der Waals surface area contributed by atoms with Crippen LogP contribution in [0.4, 0.5) is 4.79 Å². The highest BCUT2D eigenvalue weighted by atomic mass is 16.6. The first kappa shape index (κ1) is 32.2. The Morgan fingerprint density at radius 1 is 1.05 bits per heavy atom. The minimum atomic E-state index is -1.15. The number of carbonyl (C=O) groups excluding carboxylic acids is 3. The molecule has 0 aromatic heterocycles. The largest absolute Gasteiger partial charge is 0.508 e. The van der Waals surface area contributed by atoms with Crippen LogP contribution >= 0.6 is 0 Å². The maximum atomic E-state index is 14.2. The molecule has 2 rings (SSSR count). The average molecular weight is 551 g/mol. The lowest BCUT2D eigenvalue weighted by molar-refractivity contribution is -0.141. The second-order valence-corrected chi connectivity index (χ2v) is 10.9. The molecular formula is C31H42N4O5. The van der Waals surface area contributed by atoms with Gasteiger partial charge in [0.2, 0.25) is 11.8 Å². The van der Waals surface area contributed by atoms with Crippen LogP contribution in [0.1, 0.15) is 75.3 Å². The number of nitrogens with zero attached hydrogens (tertiary/aromatic N) is 2. The van der Waals surface area contributed by atoms with Crippen molar-refractivity contribution in [3.63, 3.8) is 0 Å². The number of nitriles is 1. The van der Waals surface area contributed by atoms with Crippen molar-refractivity contribution in [3.8, 4) is 11.8 Å². The summed E-state index contributed by atoms with van der Waals surface area (Å²) in [4.78, 5) is 41.9. The van der Waals surface area contributed by atoms with E-state index < -0.39 is 35.6 Å². The highest BCUT2D eigenvalue weighted by Gasteiger charge is 2.37. The molecule has 0 aliphatic rings. The Morgan fingerprint density at radius 3 is 2.23 bits per heavy atom. The molecule has 40 heavy (non-hydrogen) atoms. The lowest BCUT2D eigenvalue weighted by Gasteiger charge is -2.34. The molecule has 0 heterocycles. The van der Waals surface area contributed by atoms with E-state index in [1.165, 1.54) is 17.0 Å². The van der Waals surface area contributed by atoms with Crippen molar-refractivity contribution >= 4 is 17.9 Å². The van der Waals surface area contributed by atoms with Crippen molar-refractivity contribution < 1.29 is 24.2 Å². The topological polar surface area (TPSA) is 132 Å². The molecule has 0 radical (unpaired) electrons. The number of ether oxygens (including phenoxy) is 1. The Morgan fingerprint density at radius 2 is 1.68 bits per heavy atom. The molecule has 2 aromatic rings. The van der Waals surface area contributed by atoms with Crippen LogP contribution in [0.3, 0.4) is 0 Å². The summed E-state index contributed by atoms with van der Waals surface area (Å²) in [5.41, 5.74) is 2.11. The highest BCUT2D eigenvalue weighted by molar-refractivity contribution is 5.93. The molecule has 0 saturated heterocycles. The van der Waals surface area contributed by atoms with Crippen LogP contribution in [-0.4, -0.2) is 52.6 Å². The standard InChI is InChI=1S/C31H42N4O5/c1-7-8-9-18-33-28(37)27(26-21(2)11-10-12-22(26)3)35(19-17-32)29(38)25(34-30(39)40-31(4,5)6)20-23-13-15-24(36)16-14-23/h10-16,25,27,36H,7-9,18-20H2,1-6H3,(H,33,37)(H,34,39). The van der Waals surface area contributed by atoms with Crippen LogP contribution in [0.15, 0.2) is 42.5 Å². The number of rotatable bonds is 12. The third-order valence-corrected chi connectivity index (χ3v) is 6.34. The Bertz CT molecular complexity index is 1180. The van der Waals surface area contributed by atoms with Crippen LogP contribution in [-0.2, 0) is 20.7 Å². The van der Waals surface area contributed by atoms with Crippen LogP contribution in [0.5, 0.6) is 5.75 Å². The van der Waals surface area contributed by atoms with E-state index in [0.717, 1.165) is 30.4 Å². The van der Waals surface area contributed by atoms with Gasteiger partial charge in [0.25, 0.3) is 0 Å². The van der Waals surface area contributed by atoms with Gasteiger partial charge in [-0.3, -0.25) is 9.59 Å². The molecular weight excluding hydrogens is 508 g/mol. The number of nitrogens with one attached hydrogen (secondary N) is 2. The predicted molar refractivity (Wildman–Crippen MR) is 153 cm³/mol. The number of aryl methyl sites for hydroxylation is 2. The number of phenols is 1. The van der Waals surface area contributed by atoms with Gasteiger partial charge >= 0.3 is 6.09 Å². The summed E-state index contributed by atoms with van der Waals surface area (Å²) in [5.74, 6) is -0.928. The average Bonchev–Trinajstić information content (AvgIpc) is 2.87. The summed E-state index contributed by atoms with van der Waals surface area (Å²) >= 11 is 0. The van der Waals surface area contributed by atoms with Crippen molar-refractivity contribution in [1.82, 2.24) is 15.5 Å². The summed E-state index contributed by atoms with van der Waals surface area (Å²) < 4.78 is 5.42. The second-order valence-electron chi connectivity index (χ2n) is 10.9. The second kappa shape index (κ2) is 14.9. The van der Waals surface area contributed by atoms with Gasteiger partial charge in [-0.15, -0.1) is 0 Å². The number of phenolic OH excluding ortho intramolecular Hbond substituents is 1. The van der Waals surface area contributed by atoms with Gasteiger partial charge in [0.15, 0.2) is 0 Å². The van der Waals surface area contributed by atoms with Gasteiger partial charge in [-0.25, -0.2) is 4.79 Å². The first-order chi connectivity index (χ1) is 18.9. The molecule has 2 atom stereocenters. The molecule has 2 aromatic carbocycles. The van der Waals surface area contributed by atoms with Crippen molar-refractivity contribution in [3.05, 3.63) is 64.7 Å². The van der Waals surface area contributed by atoms with Gasteiger partial charge in [-0.05, 0) is 75.4 Å². The van der Waals surface area contributed by atoms with Crippen LogP contribution in [0, 0.1) is 25.2 Å². The lowest BCUT2D eigenvalue weighted by Crippen LogP contribution is -2.54. The third-order valence-electron chi connectivity index (χ3n) is 6.34. The summed E-state index contributed by atoms with van der Waals surface area (Å²) in [6.45, 7) is 11.0. The smallest absolute Gasteiger partial charge is 0.408 e. The first-order valence-corrected chi connectivity index (χ1v) is 13.7. The van der Waals surface area contributed by atoms with Crippen LogP contribution in [0.25, 0.3) is 0 Å². The zero-order chi connectivity index (χ0) is 29.9. The predicted octanol–water partition coefficient (Wildman–Crippen LogP) is 4.84. The van der Waals surface area contributed by atoms with E-state index in [4.69, 9.17) is 4.74 Å². The molecule has 0 aliphatic carbocycles. The molecule has 3 N–H and O–H groups in total. The number of amides is 3. The van der Waals surface area contributed by atoms with Gasteiger partial charge < -0.3 is 25.4 Å². The van der Waals surface area contributed by atoms with E-state index in [1.54, 1.807) is 32.9 Å². The van der Waals surface area contributed by atoms with Gasteiger partial charge in [-0.1, -0.05) is 50.1 Å². The molecule has 0 saturated carbocycles. The Kier molecular flexibility index (Phi) is 12.0. The number of benzene rings is 2. The van der Waals surface area contributed by atoms with E-state index >= 15 is 0 Å². The number of unbranched alkanes of at least 4 members (excludes halogenated alkanes) is 2. The minimum Gasteiger partial charge on any atom is -0.508 e. The minimum absolute atomic E-state index is 0.0535. The SMILES string of the molecule is CCCCCNC(=O)C(c1c(C)cccc1C)N(CC#N)C(=O)C(Cc1ccc(O)cc1)NC(=O)OC(C)(C)C. The molecule has 0 bridgehead atoms. The van der Waals surface area contributed by atoms with Gasteiger partial charge in [0.1, 0.15) is 30.0 Å². The summed E-state index contributed by atoms with van der Waals surface area (Å²) in [7, 11) is 0. The number of carbonyl (C=O) groups is 3. The van der Waals surface area contributed by atoms with E-state index in [1.807, 2.05) is 38.1 Å². The summed E-state index contributed by atoms with van der Waals surface area (Å²) in [6.07, 6.45) is 1.98. The Labute approximate surface area is 237 Å². The molecule has 3 amide bonds. The van der Waals surface area contributed by atoms with Gasteiger partial charge in [-0.2, -0.15) is 5.26 Å². The monoisotopic (exact) mass is 550 g/mol. The molecule has 0 fully saturated rings. The fourth-order valence-corrected chi connectivity index (χ4v) is 4.46. The van der Waals surface area contributed by atoms with Crippen LogP contribution in [0.2, 0.25) is 0 Å². The van der Waals surface area contributed by atoms with Crippen molar-refractivity contribution in [1.29, 1.82) is 5.26 Å². The number of aromatic hydroxyl groups is 1. The highest BCUT2D eigenvalue weighted by Crippen LogP contribution is 2.29. The fraction of sp³-hybridized carbons (Fsp3) is 0.484. The van der Waals surface area contributed by atoms with Crippen molar-refractivity contribution in [2.24, 2.45) is 0 Å². The Balaban J connectivity index is 2.55. The molecule has 0 aliphatic heterocycles. The quantitative estimate of drug-likeness (QED) is 0.256. The normalized spacial score (nSPS) is 12.5.